The zero-order chi connectivity index (χ0) is 19.0. The number of methoxy groups -OCH3 is 1. The van der Waals surface area contributed by atoms with Gasteiger partial charge in [0.2, 0.25) is 5.69 Å². The number of H-pyrrole nitrogens is 1. The molecule has 1 aromatic carbocycles. The maximum Gasteiger partial charge on any atom is 0.278 e. The van der Waals surface area contributed by atoms with Crippen LogP contribution in [-0.2, 0) is 22.7 Å². The van der Waals surface area contributed by atoms with E-state index in [-0.39, 0.29) is 23.5 Å². The van der Waals surface area contributed by atoms with Crippen LogP contribution in [0.25, 0.3) is 0 Å². The first kappa shape index (κ1) is 18.0. The standard InChI is InChI=1S/C19H23N3O4S/c1-26-15-8-6-13(7-9-15)20-19(23)18-16-4-2-3-5-17(16)22(21-18)14-10-11-27(24,25)12-14/h6-9,14H,2-5,10-12H2,1H3,(H,20,23)/p+1/t14-/m1/s1. The Hall–Kier alpha value is -2.35. The van der Waals surface area contributed by atoms with Gasteiger partial charge in [-0.3, -0.25) is 4.79 Å². The molecule has 1 amide bonds. The van der Waals surface area contributed by atoms with Crippen LogP contribution in [0.5, 0.6) is 5.75 Å². The molecule has 2 aliphatic rings. The highest BCUT2D eigenvalue weighted by molar-refractivity contribution is 7.91. The zero-order valence-corrected chi connectivity index (χ0v) is 16.1. The van der Waals surface area contributed by atoms with Crippen LogP contribution < -0.4 is 14.7 Å². The van der Waals surface area contributed by atoms with Gasteiger partial charge in [0.05, 0.1) is 18.4 Å². The number of sulfone groups is 1. The lowest BCUT2D eigenvalue weighted by Gasteiger charge is -2.10. The monoisotopic (exact) mass is 390 g/mol. The molecule has 1 aliphatic heterocycles. The van der Waals surface area contributed by atoms with Gasteiger partial charge in [-0.05, 0) is 43.5 Å². The lowest BCUT2D eigenvalue weighted by molar-refractivity contribution is -0.775. The van der Waals surface area contributed by atoms with E-state index < -0.39 is 9.84 Å². The molecule has 4 rings (SSSR count). The number of hydrogen-bond acceptors (Lipinski definition) is 4. The Kier molecular flexibility index (Phi) is 4.67. The summed E-state index contributed by atoms with van der Waals surface area (Å²) in [5.41, 5.74) is 3.35. The second-order valence-electron chi connectivity index (χ2n) is 7.23. The summed E-state index contributed by atoms with van der Waals surface area (Å²) in [4.78, 5) is 12.9. The highest BCUT2D eigenvalue weighted by Crippen LogP contribution is 2.26. The molecule has 0 spiro atoms. The zero-order valence-electron chi connectivity index (χ0n) is 15.3. The fourth-order valence-electron chi connectivity index (χ4n) is 4.03. The van der Waals surface area contributed by atoms with Crippen molar-refractivity contribution in [2.24, 2.45) is 0 Å². The van der Waals surface area contributed by atoms with E-state index in [4.69, 9.17) is 4.74 Å². The van der Waals surface area contributed by atoms with E-state index in [0.29, 0.717) is 17.8 Å². The quantitative estimate of drug-likeness (QED) is 0.779. The largest absolute Gasteiger partial charge is 0.497 e. The first-order valence-electron chi connectivity index (χ1n) is 9.28. The van der Waals surface area contributed by atoms with E-state index in [0.717, 1.165) is 42.7 Å². The predicted molar refractivity (Wildman–Crippen MR) is 101 cm³/mol. The Morgan fingerprint density at radius 3 is 2.63 bits per heavy atom. The fraction of sp³-hybridized carbons (Fsp3) is 0.474. The van der Waals surface area contributed by atoms with Gasteiger partial charge in [0.25, 0.3) is 5.91 Å². The molecule has 2 heterocycles. The van der Waals surface area contributed by atoms with Gasteiger partial charge in [-0.15, -0.1) is 4.68 Å². The molecule has 1 atom stereocenters. The number of anilines is 1. The van der Waals surface area contributed by atoms with Gasteiger partial charge in [0, 0.05) is 18.5 Å². The number of nitrogens with zero attached hydrogens (tertiary/aromatic N) is 1. The average molecular weight is 390 g/mol. The van der Waals surface area contributed by atoms with Crippen molar-refractivity contribution in [1.29, 1.82) is 0 Å². The average Bonchev–Trinajstić information content (AvgIpc) is 3.22. The molecule has 0 unspecified atom stereocenters. The van der Waals surface area contributed by atoms with Gasteiger partial charge >= 0.3 is 0 Å². The maximum absolute atomic E-state index is 12.9. The molecule has 0 bridgehead atoms. The predicted octanol–water partition coefficient (Wildman–Crippen LogP) is 1.80. The van der Waals surface area contributed by atoms with Crippen LogP contribution >= 0.6 is 0 Å². The minimum absolute atomic E-state index is 0.107. The topological polar surface area (TPSA) is 92.1 Å². The molecule has 1 fully saturated rings. The summed E-state index contributed by atoms with van der Waals surface area (Å²) in [6.07, 6.45) is 4.40. The first-order chi connectivity index (χ1) is 13.0. The van der Waals surface area contributed by atoms with Crippen molar-refractivity contribution < 1.29 is 22.6 Å². The smallest absolute Gasteiger partial charge is 0.278 e. The summed E-state index contributed by atoms with van der Waals surface area (Å²) in [6, 6.07) is 7.07. The van der Waals surface area contributed by atoms with Crippen molar-refractivity contribution in [3.05, 3.63) is 41.2 Å². The number of carbonyl (C=O) groups is 1. The van der Waals surface area contributed by atoms with Gasteiger partial charge in [-0.1, -0.05) is 0 Å². The third kappa shape index (κ3) is 3.58. The molecule has 0 radical (unpaired) electrons. The molecular formula is C19H24N3O4S+. The van der Waals surface area contributed by atoms with E-state index >= 15 is 0 Å². The molecule has 1 aromatic heterocycles. The van der Waals surface area contributed by atoms with Crippen molar-refractivity contribution >= 4 is 21.4 Å². The Morgan fingerprint density at radius 2 is 1.96 bits per heavy atom. The van der Waals surface area contributed by atoms with E-state index in [1.165, 1.54) is 0 Å². The van der Waals surface area contributed by atoms with E-state index in [1.807, 2.05) is 4.68 Å². The number of aromatic nitrogens is 2. The van der Waals surface area contributed by atoms with Crippen molar-refractivity contribution in [3.63, 3.8) is 0 Å². The van der Waals surface area contributed by atoms with Crippen molar-refractivity contribution in [1.82, 2.24) is 5.10 Å². The highest BCUT2D eigenvalue weighted by atomic mass is 32.2. The van der Waals surface area contributed by atoms with Gasteiger partial charge in [-0.2, -0.15) is 5.10 Å². The summed E-state index contributed by atoms with van der Waals surface area (Å²) < 4.78 is 30.9. The second-order valence-corrected chi connectivity index (χ2v) is 9.46. The van der Waals surface area contributed by atoms with Gasteiger partial charge in [-0.25, -0.2) is 8.42 Å². The van der Waals surface area contributed by atoms with Crippen LogP contribution in [0.4, 0.5) is 5.69 Å². The molecule has 8 heteroatoms. The number of fused-ring (bicyclic) bond motifs is 1. The van der Waals surface area contributed by atoms with E-state index in [9.17, 15) is 13.2 Å². The third-order valence-corrected chi connectivity index (χ3v) is 7.16. The molecule has 0 saturated carbocycles. The Labute approximate surface area is 158 Å². The number of aromatic amines is 1. The molecule has 1 saturated heterocycles. The number of rotatable bonds is 4. The van der Waals surface area contributed by atoms with E-state index in [1.54, 1.807) is 31.4 Å². The lowest BCUT2D eigenvalue weighted by atomic mass is 9.95. The SMILES string of the molecule is COc1ccc(NC(=O)c2[nH][n+]([C@@H]3CCS(=O)(=O)C3)c3c2CCCC3)cc1. The van der Waals surface area contributed by atoms with Crippen LogP contribution in [-0.4, -0.2) is 38.0 Å². The normalized spacial score (nSPS) is 20.9. The third-order valence-electron chi connectivity index (χ3n) is 5.41. The number of nitrogens with one attached hydrogen (secondary N) is 2. The molecule has 2 N–H and O–H groups in total. The van der Waals surface area contributed by atoms with Gasteiger partial charge in [0.1, 0.15) is 11.5 Å². The Morgan fingerprint density at radius 1 is 1.22 bits per heavy atom. The van der Waals surface area contributed by atoms with E-state index in [2.05, 4.69) is 10.4 Å². The number of carbonyl (C=O) groups excluding carboxylic acids is 1. The summed E-state index contributed by atoms with van der Waals surface area (Å²) in [6.45, 7) is 0. The van der Waals surface area contributed by atoms with Crippen LogP contribution in [0.3, 0.4) is 0 Å². The van der Waals surface area contributed by atoms with Crippen molar-refractivity contribution in [3.8, 4) is 5.75 Å². The molecule has 144 valence electrons. The first-order valence-corrected chi connectivity index (χ1v) is 11.1. The second kappa shape index (κ2) is 6.99. The summed E-state index contributed by atoms with van der Waals surface area (Å²) in [7, 11) is -1.39. The van der Waals surface area contributed by atoms with Gasteiger partial charge < -0.3 is 10.1 Å². The van der Waals surface area contributed by atoms with Crippen LogP contribution in [0.1, 0.15) is 47.1 Å². The molecule has 27 heavy (non-hydrogen) atoms. The minimum Gasteiger partial charge on any atom is -0.497 e. The summed E-state index contributed by atoms with van der Waals surface area (Å²) >= 11 is 0. The van der Waals surface area contributed by atoms with Crippen LogP contribution in [0, 0.1) is 0 Å². The molecule has 1 aliphatic carbocycles. The number of hydrogen-bond donors (Lipinski definition) is 2. The maximum atomic E-state index is 12.9. The molecule has 7 nitrogen and oxygen atoms in total. The fourth-order valence-corrected chi connectivity index (χ4v) is 5.73. The van der Waals surface area contributed by atoms with Crippen molar-refractivity contribution in [2.45, 2.75) is 38.1 Å². The lowest BCUT2D eigenvalue weighted by Crippen LogP contribution is -2.46. The number of amides is 1. The minimum atomic E-state index is -2.99. The Balaban J connectivity index is 1.63. The van der Waals surface area contributed by atoms with Crippen LogP contribution in [0.15, 0.2) is 24.3 Å². The number of ether oxygens (including phenoxy) is 1. The van der Waals surface area contributed by atoms with Crippen LogP contribution in [0.2, 0.25) is 0 Å². The molecule has 2 aromatic rings. The summed E-state index contributed by atoms with van der Waals surface area (Å²) in [5, 5.41) is 6.15. The number of benzene rings is 1. The van der Waals surface area contributed by atoms with Crippen molar-refractivity contribution in [2.75, 3.05) is 23.9 Å². The molecular weight excluding hydrogens is 366 g/mol. The Bertz CT molecular complexity index is 964. The van der Waals surface area contributed by atoms with Gasteiger partial charge in [0.15, 0.2) is 21.6 Å². The summed E-state index contributed by atoms with van der Waals surface area (Å²) in [5.74, 6) is 0.888. The highest BCUT2D eigenvalue weighted by Gasteiger charge is 2.40.